The van der Waals surface area contributed by atoms with Crippen molar-refractivity contribution < 1.29 is 4.92 Å². The fraction of sp³-hybridized carbons (Fsp3) is 0.500. The van der Waals surface area contributed by atoms with Crippen LogP contribution in [-0.2, 0) is 0 Å². The van der Waals surface area contributed by atoms with Crippen LogP contribution in [0.15, 0.2) is 24.3 Å². The average Bonchev–Trinajstić information content (AvgIpc) is 2.30. The van der Waals surface area contributed by atoms with E-state index in [-0.39, 0.29) is 10.6 Å². The molecule has 0 aliphatic heterocycles. The van der Waals surface area contributed by atoms with Crippen LogP contribution in [0.3, 0.4) is 0 Å². The highest BCUT2D eigenvalue weighted by molar-refractivity contribution is 5.53. The Morgan fingerprint density at radius 2 is 2.00 bits per heavy atom. The Balaban J connectivity index is 2.80. The first-order valence-electron chi connectivity index (χ1n) is 5.68. The molecule has 0 heterocycles. The van der Waals surface area contributed by atoms with Gasteiger partial charge in [-0.05, 0) is 27.1 Å². The lowest BCUT2D eigenvalue weighted by Gasteiger charge is -2.24. The number of likely N-dealkylation sites (N-methyl/N-ethyl adjacent to an activating group) is 2. The molecule has 5 nitrogen and oxygen atoms in total. The number of hydrogen-bond donors (Lipinski definition) is 0. The van der Waals surface area contributed by atoms with E-state index < -0.39 is 0 Å². The van der Waals surface area contributed by atoms with Crippen molar-refractivity contribution >= 4 is 11.4 Å². The molecule has 17 heavy (non-hydrogen) atoms. The van der Waals surface area contributed by atoms with Crippen molar-refractivity contribution in [2.75, 3.05) is 38.6 Å². The second kappa shape index (κ2) is 6.20. The fourth-order valence-electron chi connectivity index (χ4n) is 1.59. The van der Waals surface area contributed by atoms with Crippen LogP contribution in [0.1, 0.15) is 6.92 Å². The molecule has 0 aliphatic carbocycles. The van der Waals surface area contributed by atoms with Gasteiger partial charge in [-0.3, -0.25) is 10.1 Å². The van der Waals surface area contributed by atoms with Crippen molar-refractivity contribution in [3.05, 3.63) is 34.4 Å². The first-order chi connectivity index (χ1) is 8.04. The predicted octanol–water partition coefficient (Wildman–Crippen LogP) is 1.98. The van der Waals surface area contributed by atoms with Gasteiger partial charge in [0.25, 0.3) is 5.69 Å². The quantitative estimate of drug-likeness (QED) is 0.560. The van der Waals surface area contributed by atoms with Gasteiger partial charge >= 0.3 is 0 Å². The molecule has 0 bridgehead atoms. The van der Waals surface area contributed by atoms with Crippen LogP contribution in [0, 0.1) is 10.1 Å². The number of non-ortho nitro benzene ring substituents is 1. The summed E-state index contributed by atoms with van der Waals surface area (Å²) >= 11 is 0. The fourth-order valence-corrected chi connectivity index (χ4v) is 1.59. The van der Waals surface area contributed by atoms with Gasteiger partial charge < -0.3 is 9.80 Å². The molecule has 0 saturated heterocycles. The highest BCUT2D eigenvalue weighted by atomic mass is 16.6. The van der Waals surface area contributed by atoms with Gasteiger partial charge in [-0.15, -0.1) is 0 Å². The Morgan fingerprint density at radius 1 is 1.29 bits per heavy atom. The number of nitro benzene ring substituents is 1. The minimum atomic E-state index is -0.358. The molecule has 0 aromatic heterocycles. The van der Waals surface area contributed by atoms with E-state index in [1.54, 1.807) is 12.1 Å². The Hall–Kier alpha value is -1.62. The van der Waals surface area contributed by atoms with Gasteiger partial charge in [-0.1, -0.05) is 6.07 Å². The molecule has 0 radical (unpaired) electrons. The summed E-state index contributed by atoms with van der Waals surface area (Å²) < 4.78 is 0. The molecule has 0 unspecified atom stereocenters. The molecule has 1 aromatic carbocycles. The summed E-state index contributed by atoms with van der Waals surface area (Å²) in [7, 11) is 4.03. The summed E-state index contributed by atoms with van der Waals surface area (Å²) in [6.45, 7) is 4.69. The normalized spacial score (nSPS) is 10.6. The van der Waals surface area contributed by atoms with E-state index in [0.29, 0.717) is 0 Å². The highest BCUT2D eigenvalue weighted by Gasteiger charge is 2.10. The van der Waals surface area contributed by atoms with Crippen LogP contribution >= 0.6 is 0 Å². The Bertz CT molecular complexity index is 380. The summed E-state index contributed by atoms with van der Waals surface area (Å²) in [5.74, 6) is 0. The highest BCUT2D eigenvalue weighted by Crippen LogP contribution is 2.20. The van der Waals surface area contributed by atoms with Crippen molar-refractivity contribution in [1.82, 2.24) is 4.90 Å². The van der Waals surface area contributed by atoms with E-state index >= 15 is 0 Å². The standard InChI is InChI=1S/C12H19N3O2/c1-4-14(9-8-13(2)3)11-6-5-7-12(10-11)15(16)17/h5-7,10H,4,8-9H2,1-3H3. The van der Waals surface area contributed by atoms with E-state index in [9.17, 15) is 10.1 Å². The van der Waals surface area contributed by atoms with Gasteiger partial charge in [0.05, 0.1) is 4.92 Å². The van der Waals surface area contributed by atoms with Gasteiger partial charge in [0.2, 0.25) is 0 Å². The van der Waals surface area contributed by atoms with Crippen molar-refractivity contribution in [1.29, 1.82) is 0 Å². The maximum atomic E-state index is 10.7. The SMILES string of the molecule is CCN(CCN(C)C)c1cccc([N+](=O)[O-])c1. The molecular weight excluding hydrogens is 218 g/mol. The monoisotopic (exact) mass is 237 g/mol. The molecular formula is C12H19N3O2. The zero-order chi connectivity index (χ0) is 12.8. The van der Waals surface area contributed by atoms with Crippen molar-refractivity contribution in [2.45, 2.75) is 6.92 Å². The smallest absolute Gasteiger partial charge is 0.271 e. The maximum Gasteiger partial charge on any atom is 0.271 e. The van der Waals surface area contributed by atoms with Gasteiger partial charge in [-0.25, -0.2) is 0 Å². The van der Waals surface area contributed by atoms with Crippen LogP contribution < -0.4 is 4.90 Å². The zero-order valence-electron chi connectivity index (χ0n) is 10.6. The van der Waals surface area contributed by atoms with Crippen LogP contribution in [-0.4, -0.2) is 43.6 Å². The Labute approximate surface area is 102 Å². The third-order valence-corrected chi connectivity index (χ3v) is 2.60. The predicted molar refractivity (Wildman–Crippen MR) is 69.5 cm³/mol. The van der Waals surface area contributed by atoms with E-state index in [4.69, 9.17) is 0 Å². The number of rotatable bonds is 6. The van der Waals surface area contributed by atoms with Crippen LogP contribution in [0.5, 0.6) is 0 Å². The Morgan fingerprint density at radius 3 is 2.53 bits per heavy atom. The molecule has 0 N–H and O–H groups in total. The number of benzene rings is 1. The lowest BCUT2D eigenvalue weighted by atomic mass is 10.2. The number of hydrogen-bond acceptors (Lipinski definition) is 4. The summed E-state index contributed by atoms with van der Waals surface area (Å²) in [5, 5.41) is 10.7. The molecule has 94 valence electrons. The summed E-state index contributed by atoms with van der Waals surface area (Å²) in [5.41, 5.74) is 1.05. The second-order valence-corrected chi connectivity index (χ2v) is 4.16. The first kappa shape index (κ1) is 13.4. The number of nitro groups is 1. The van der Waals surface area contributed by atoms with Crippen LogP contribution in [0.4, 0.5) is 11.4 Å². The van der Waals surface area contributed by atoms with Gasteiger partial charge in [-0.2, -0.15) is 0 Å². The molecule has 0 saturated carbocycles. The van der Waals surface area contributed by atoms with Gasteiger partial charge in [0, 0.05) is 37.5 Å². The molecule has 0 fully saturated rings. The van der Waals surface area contributed by atoms with Crippen LogP contribution in [0.2, 0.25) is 0 Å². The lowest BCUT2D eigenvalue weighted by Crippen LogP contribution is -2.31. The summed E-state index contributed by atoms with van der Waals surface area (Å²) in [6.07, 6.45) is 0. The van der Waals surface area contributed by atoms with E-state index in [0.717, 1.165) is 25.3 Å². The second-order valence-electron chi connectivity index (χ2n) is 4.16. The third kappa shape index (κ3) is 4.03. The molecule has 0 atom stereocenters. The van der Waals surface area contributed by atoms with Crippen molar-refractivity contribution in [2.24, 2.45) is 0 Å². The zero-order valence-corrected chi connectivity index (χ0v) is 10.6. The summed E-state index contributed by atoms with van der Waals surface area (Å²) in [4.78, 5) is 14.6. The van der Waals surface area contributed by atoms with Crippen molar-refractivity contribution in [3.8, 4) is 0 Å². The van der Waals surface area contributed by atoms with Gasteiger partial charge in [0.1, 0.15) is 0 Å². The molecule has 1 rings (SSSR count). The summed E-state index contributed by atoms with van der Waals surface area (Å²) in [6, 6.07) is 6.78. The Kier molecular flexibility index (Phi) is 4.90. The molecule has 5 heteroatoms. The molecule has 0 amide bonds. The molecule has 1 aromatic rings. The van der Waals surface area contributed by atoms with E-state index in [1.165, 1.54) is 6.07 Å². The van der Waals surface area contributed by atoms with E-state index in [2.05, 4.69) is 16.7 Å². The number of nitrogens with zero attached hydrogens (tertiary/aromatic N) is 3. The van der Waals surface area contributed by atoms with Gasteiger partial charge in [0.15, 0.2) is 0 Å². The van der Waals surface area contributed by atoms with Crippen molar-refractivity contribution in [3.63, 3.8) is 0 Å². The van der Waals surface area contributed by atoms with Crippen LogP contribution in [0.25, 0.3) is 0 Å². The maximum absolute atomic E-state index is 10.7. The minimum absolute atomic E-state index is 0.144. The first-order valence-corrected chi connectivity index (χ1v) is 5.68. The minimum Gasteiger partial charge on any atom is -0.370 e. The third-order valence-electron chi connectivity index (χ3n) is 2.60. The lowest BCUT2D eigenvalue weighted by molar-refractivity contribution is -0.384. The largest absolute Gasteiger partial charge is 0.370 e. The van der Waals surface area contributed by atoms with E-state index in [1.807, 2.05) is 20.2 Å². The number of anilines is 1. The topological polar surface area (TPSA) is 49.6 Å². The molecule has 0 spiro atoms. The average molecular weight is 237 g/mol. The molecule has 0 aliphatic rings.